The fraction of sp³-hybridized carbons (Fsp3) is 0.400. The van der Waals surface area contributed by atoms with Gasteiger partial charge in [0.25, 0.3) is 0 Å². The maximum Gasteiger partial charge on any atom is 0.162 e. The monoisotopic (exact) mass is 311 g/mol. The Labute approximate surface area is 128 Å². The largest absolute Gasteiger partial charge is 0.490 e. The van der Waals surface area contributed by atoms with Crippen LogP contribution in [-0.4, -0.2) is 11.6 Å². The third-order valence-corrected chi connectivity index (χ3v) is 4.00. The van der Waals surface area contributed by atoms with Crippen LogP contribution in [0.2, 0.25) is 0 Å². The predicted octanol–water partition coefficient (Wildman–Crippen LogP) is 4.81. The first-order chi connectivity index (χ1) is 9.74. The van der Waals surface area contributed by atoms with Crippen LogP contribution >= 0.6 is 22.9 Å². The minimum absolute atomic E-state index is 0.122. The molecule has 1 aromatic carbocycles. The van der Waals surface area contributed by atoms with Crippen molar-refractivity contribution in [2.24, 2.45) is 0 Å². The van der Waals surface area contributed by atoms with Crippen molar-refractivity contribution in [1.82, 2.24) is 4.98 Å². The lowest BCUT2D eigenvalue weighted by molar-refractivity contribution is 0.208. The SMILES string of the molecule is CCCOc1ccccc1OC(C)c1nc(CCl)cs1. The minimum atomic E-state index is -0.122. The molecule has 1 heterocycles. The molecule has 0 aliphatic rings. The van der Waals surface area contributed by atoms with Crippen LogP contribution in [-0.2, 0) is 5.88 Å². The molecule has 1 aromatic heterocycles. The summed E-state index contributed by atoms with van der Waals surface area (Å²) in [5, 5.41) is 2.88. The van der Waals surface area contributed by atoms with E-state index in [1.807, 2.05) is 36.6 Å². The first kappa shape index (κ1) is 15.1. The summed E-state index contributed by atoms with van der Waals surface area (Å²) in [7, 11) is 0. The molecule has 0 saturated heterocycles. The molecule has 1 atom stereocenters. The lowest BCUT2D eigenvalue weighted by Crippen LogP contribution is -2.05. The number of hydrogen-bond acceptors (Lipinski definition) is 4. The number of nitrogens with zero attached hydrogens (tertiary/aromatic N) is 1. The van der Waals surface area contributed by atoms with Gasteiger partial charge in [-0.1, -0.05) is 19.1 Å². The summed E-state index contributed by atoms with van der Waals surface area (Å²) in [5.41, 5.74) is 0.887. The number of aromatic nitrogens is 1. The number of benzene rings is 1. The summed E-state index contributed by atoms with van der Waals surface area (Å²) in [5.74, 6) is 1.95. The van der Waals surface area contributed by atoms with Gasteiger partial charge in [-0.25, -0.2) is 4.98 Å². The van der Waals surface area contributed by atoms with Crippen molar-refractivity contribution in [1.29, 1.82) is 0 Å². The van der Waals surface area contributed by atoms with Gasteiger partial charge in [-0.05, 0) is 25.5 Å². The van der Waals surface area contributed by atoms with Crippen LogP contribution in [0.25, 0.3) is 0 Å². The molecule has 0 aliphatic carbocycles. The fourth-order valence-electron chi connectivity index (χ4n) is 1.69. The summed E-state index contributed by atoms with van der Waals surface area (Å²) in [6.45, 7) is 4.74. The molecular weight excluding hydrogens is 294 g/mol. The summed E-state index contributed by atoms with van der Waals surface area (Å²) in [6.07, 6.45) is 0.846. The van der Waals surface area contributed by atoms with Gasteiger partial charge in [0.1, 0.15) is 11.1 Å². The zero-order chi connectivity index (χ0) is 14.4. The third kappa shape index (κ3) is 3.87. The van der Waals surface area contributed by atoms with E-state index in [1.54, 1.807) is 11.3 Å². The lowest BCUT2D eigenvalue weighted by atomic mass is 10.3. The van der Waals surface area contributed by atoms with E-state index in [0.717, 1.165) is 28.6 Å². The van der Waals surface area contributed by atoms with E-state index in [1.165, 1.54) is 0 Å². The van der Waals surface area contributed by atoms with Crippen molar-refractivity contribution >= 4 is 22.9 Å². The summed E-state index contributed by atoms with van der Waals surface area (Å²) in [4.78, 5) is 4.44. The molecule has 5 heteroatoms. The second kappa shape index (κ2) is 7.50. The smallest absolute Gasteiger partial charge is 0.162 e. The van der Waals surface area contributed by atoms with E-state index in [4.69, 9.17) is 21.1 Å². The van der Waals surface area contributed by atoms with Crippen molar-refractivity contribution in [3.05, 3.63) is 40.3 Å². The van der Waals surface area contributed by atoms with E-state index in [-0.39, 0.29) is 6.10 Å². The molecule has 0 fully saturated rings. The molecule has 0 N–H and O–H groups in total. The Morgan fingerprint density at radius 1 is 1.30 bits per heavy atom. The molecule has 0 saturated carbocycles. The van der Waals surface area contributed by atoms with Crippen LogP contribution < -0.4 is 9.47 Å². The Balaban J connectivity index is 2.08. The molecule has 20 heavy (non-hydrogen) atoms. The van der Waals surface area contributed by atoms with E-state index >= 15 is 0 Å². The Bertz CT molecular complexity index is 544. The topological polar surface area (TPSA) is 31.4 Å². The highest BCUT2D eigenvalue weighted by atomic mass is 35.5. The van der Waals surface area contributed by atoms with Crippen molar-refractivity contribution in [2.45, 2.75) is 32.3 Å². The van der Waals surface area contributed by atoms with E-state index in [2.05, 4.69) is 11.9 Å². The number of ether oxygens (including phenoxy) is 2. The average molecular weight is 312 g/mol. The van der Waals surface area contributed by atoms with Gasteiger partial charge in [0.2, 0.25) is 0 Å². The van der Waals surface area contributed by atoms with Gasteiger partial charge in [0, 0.05) is 5.38 Å². The van der Waals surface area contributed by atoms with Gasteiger partial charge in [-0.3, -0.25) is 0 Å². The zero-order valence-corrected chi connectivity index (χ0v) is 13.2. The van der Waals surface area contributed by atoms with Crippen LogP contribution in [0.15, 0.2) is 29.6 Å². The maximum atomic E-state index is 5.97. The van der Waals surface area contributed by atoms with Gasteiger partial charge in [0.05, 0.1) is 18.2 Å². The number of alkyl halides is 1. The quantitative estimate of drug-likeness (QED) is 0.688. The second-order valence-electron chi connectivity index (χ2n) is 4.37. The fourth-order valence-corrected chi connectivity index (χ4v) is 2.72. The van der Waals surface area contributed by atoms with Crippen LogP contribution in [0.4, 0.5) is 0 Å². The van der Waals surface area contributed by atoms with Crippen molar-refractivity contribution in [3.8, 4) is 11.5 Å². The van der Waals surface area contributed by atoms with Gasteiger partial charge in [-0.15, -0.1) is 22.9 Å². The highest BCUT2D eigenvalue weighted by molar-refractivity contribution is 7.09. The number of para-hydroxylation sites is 2. The zero-order valence-electron chi connectivity index (χ0n) is 11.6. The molecule has 2 rings (SSSR count). The number of thiazole rings is 1. The maximum absolute atomic E-state index is 5.97. The van der Waals surface area contributed by atoms with Crippen LogP contribution in [0, 0.1) is 0 Å². The Hall–Kier alpha value is -1.26. The lowest BCUT2D eigenvalue weighted by Gasteiger charge is -2.16. The van der Waals surface area contributed by atoms with Crippen molar-refractivity contribution in [3.63, 3.8) is 0 Å². The van der Waals surface area contributed by atoms with E-state index in [0.29, 0.717) is 12.5 Å². The van der Waals surface area contributed by atoms with E-state index in [9.17, 15) is 0 Å². The molecule has 0 spiro atoms. The Kier molecular flexibility index (Phi) is 5.68. The first-order valence-corrected chi connectivity index (χ1v) is 8.04. The number of halogens is 1. The third-order valence-electron chi connectivity index (χ3n) is 2.67. The number of hydrogen-bond donors (Lipinski definition) is 0. The molecule has 0 aliphatic heterocycles. The standard InChI is InChI=1S/C15H18ClNO2S/c1-3-8-18-13-6-4-5-7-14(13)19-11(2)15-17-12(9-16)10-20-15/h4-7,10-11H,3,8-9H2,1-2H3. The molecule has 3 nitrogen and oxygen atoms in total. The number of rotatable bonds is 7. The molecule has 2 aromatic rings. The predicted molar refractivity (Wildman–Crippen MR) is 82.9 cm³/mol. The van der Waals surface area contributed by atoms with Gasteiger partial charge in [-0.2, -0.15) is 0 Å². The van der Waals surface area contributed by atoms with Crippen molar-refractivity contribution in [2.75, 3.05) is 6.61 Å². The average Bonchev–Trinajstić information content (AvgIpc) is 2.95. The van der Waals surface area contributed by atoms with Gasteiger partial charge < -0.3 is 9.47 Å². The summed E-state index contributed by atoms with van der Waals surface area (Å²) < 4.78 is 11.7. The van der Waals surface area contributed by atoms with E-state index < -0.39 is 0 Å². The van der Waals surface area contributed by atoms with Gasteiger partial charge in [0.15, 0.2) is 11.5 Å². The normalized spacial score (nSPS) is 12.2. The molecule has 0 radical (unpaired) electrons. The molecule has 0 amide bonds. The van der Waals surface area contributed by atoms with Gasteiger partial charge >= 0.3 is 0 Å². The Morgan fingerprint density at radius 2 is 2.05 bits per heavy atom. The molecule has 1 unspecified atom stereocenters. The highest BCUT2D eigenvalue weighted by Gasteiger charge is 2.14. The van der Waals surface area contributed by atoms with Crippen molar-refractivity contribution < 1.29 is 9.47 Å². The molecular formula is C15H18ClNO2S. The second-order valence-corrected chi connectivity index (χ2v) is 5.52. The Morgan fingerprint density at radius 3 is 2.70 bits per heavy atom. The first-order valence-electron chi connectivity index (χ1n) is 6.63. The molecule has 0 bridgehead atoms. The van der Waals surface area contributed by atoms with Crippen LogP contribution in [0.3, 0.4) is 0 Å². The summed E-state index contributed by atoms with van der Waals surface area (Å²) >= 11 is 7.33. The summed E-state index contributed by atoms with van der Waals surface area (Å²) in [6, 6.07) is 7.71. The van der Waals surface area contributed by atoms with Crippen LogP contribution in [0.5, 0.6) is 11.5 Å². The van der Waals surface area contributed by atoms with Crippen LogP contribution in [0.1, 0.15) is 37.1 Å². The minimum Gasteiger partial charge on any atom is -0.490 e. The highest BCUT2D eigenvalue weighted by Crippen LogP contribution is 2.32. The molecule has 108 valence electrons.